The van der Waals surface area contributed by atoms with E-state index >= 15 is 0 Å². The van der Waals surface area contributed by atoms with Crippen LogP contribution in [0.4, 0.5) is 0 Å². The third kappa shape index (κ3) is 1.74. The molecule has 1 heterocycles. The first-order chi connectivity index (χ1) is 7.49. The smallest absolute Gasteiger partial charge is 0.249 e. The molecule has 0 unspecified atom stereocenters. The lowest BCUT2D eigenvalue weighted by atomic mass is 10.0. The number of carbonyl (C=O) groups excluding carboxylic acids is 1. The Hall–Kier alpha value is -1.61. The van der Waals surface area contributed by atoms with Crippen molar-refractivity contribution in [3.63, 3.8) is 0 Å². The van der Waals surface area contributed by atoms with Crippen LogP contribution in [-0.2, 0) is 0 Å². The molecule has 0 atom stereocenters. The highest BCUT2D eigenvalue weighted by Crippen LogP contribution is 2.25. The van der Waals surface area contributed by atoms with Crippen molar-refractivity contribution < 1.29 is 4.79 Å². The summed E-state index contributed by atoms with van der Waals surface area (Å²) in [5.74, 6) is -0.461. The molecule has 0 saturated heterocycles. The number of aromatic nitrogens is 1. The Bertz CT molecular complexity index is 593. The lowest BCUT2D eigenvalue weighted by Crippen LogP contribution is -2.12. The predicted octanol–water partition coefficient (Wildman–Crippen LogP) is 2.60. The molecule has 3 nitrogen and oxygen atoms in total. The second-order valence-corrected chi connectivity index (χ2v) is 4.23. The first-order valence-corrected chi connectivity index (χ1v) is 5.24. The number of fused-ring (bicyclic) bond motifs is 1. The van der Waals surface area contributed by atoms with Crippen LogP contribution in [0.25, 0.3) is 10.9 Å². The molecule has 0 radical (unpaired) electrons. The maximum Gasteiger partial charge on any atom is 0.249 e. The fraction of sp³-hybridized carbons (Fsp3) is 0.167. The fourth-order valence-electron chi connectivity index (χ4n) is 1.79. The van der Waals surface area contributed by atoms with E-state index in [2.05, 4.69) is 4.98 Å². The van der Waals surface area contributed by atoms with Crippen LogP contribution < -0.4 is 5.73 Å². The van der Waals surface area contributed by atoms with Crippen molar-refractivity contribution in [1.82, 2.24) is 4.98 Å². The van der Waals surface area contributed by atoms with Crippen LogP contribution >= 0.6 is 11.6 Å². The van der Waals surface area contributed by atoms with Crippen molar-refractivity contribution in [2.75, 3.05) is 0 Å². The summed E-state index contributed by atoms with van der Waals surface area (Å²) < 4.78 is 0. The van der Waals surface area contributed by atoms with Gasteiger partial charge in [0, 0.05) is 16.1 Å². The van der Waals surface area contributed by atoms with Gasteiger partial charge in [-0.1, -0.05) is 11.6 Å². The molecule has 1 aromatic heterocycles. The first-order valence-electron chi connectivity index (χ1n) is 4.86. The molecule has 0 saturated carbocycles. The lowest BCUT2D eigenvalue weighted by molar-refractivity contribution is 0.100. The van der Waals surface area contributed by atoms with Crippen molar-refractivity contribution in [1.29, 1.82) is 0 Å². The Morgan fingerprint density at radius 1 is 1.31 bits per heavy atom. The fourth-order valence-corrected chi connectivity index (χ4v) is 2.06. The monoisotopic (exact) mass is 234 g/mol. The molecule has 82 valence electrons. The van der Waals surface area contributed by atoms with Crippen LogP contribution in [0.2, 0.25) is 5.02 Å². The molecule has 0 aliphatic rings. The van der Waals surface area contributed by atoms with Crippen molar-refractivity contribution in [3.05, 3.63) is 40.0 Å². The topological polar surface area (TPSA) is 56.0 Å². The summed E-state index contributed by atoms with van der Waals surface area (Å²) in [6.07, 6.45) is 0. The van der Waals surface area contributed by atoms with Crippen LogP contribution in [0.1, 0.15) is 21.6 Å². The summed E-state index contributed by atoms with van der Waals surface area (Å²) in [4.78, 5) is 15.7. The van der Waals surface area contributed by atoms with Crippen molar-refractivity contribution in [3.8, 4) is 0 Å². The Kier molecular flexibility index (Phi) is 2.56. The SMILES string of the molecule is Cc1cc(C(N)=O)c2cc(Cl)cc(C)c2n1. The zero-order valence-electron chi connectivity index (χ0n) is 9.04. The van der Waals surface area contributed by atoms with Crippen LogP contribution in [0.15, 0.2) is 18.2 Å². The Morgan fingerprint density at radius 3 is 2.62 bits per heavy atom. The summed E-state index contributed by atoms with van der Waals surface area (Å²) in [5.41, 5.74) is 8.29. The van der Waals surface area contributed by atoms with E-state index in [0.717, 1.165) is 16.8 Å². The highest BCUT2D eigenvalue weighted by atomic mass is 35.5. The summed E-state index contributed by atoms with van der Waals surface area (Å²) in [6, 6.07) is 5.22. The third-order valence-electron chi connectivity index (χ3n) is 2.46. The van der Waals surface area contributed by atoms with E-state index in [4.69, 9.17) is 17.3 Å². The van der Waals surface area contributed by atoms with Gasteiger partial charge in [0.15, 0.2) is 0 Å². The van der Waals surface area contributed by atoms with Crippen molar-refractivity contribution in [2.24, 2.45) is 5.73 Å². The molecule has 2 rings (SSSR count). The normalized spacial score (nSPS) is 10.7. The van der Waals surface area contributed by atoms with E-state index in [1.165, 1.54) is 0 Å². The summed E-state index contributed by atoms with van der Waals surface area (Å²) in [7, 11) is 0. The van der Waals surface area contributed by atoms with Crippen molar-refractivity contribution >= 4 is 28.4 Å². The van der Waals surface area contributed by atoms with Gasteiger partial charge in [0.1, 0.15) is 0 Å². The second kappa shape index (κ2) is 3.76. The van der Waals surface area contributed by atoms with E-state index < -0.39 is 5.91 Å². The lowest BCUT2D eigenvalue weighted by Gasteiger charge is -2.07. The molecule has 1 amide bonds. The molecule has 0 fully saturated rings. The van der Waals surface area contributed by atoms with Crippen LogP contribution in [0.3, 0.4) is 0 Å². The molecular formula is C12H11ClN2O. The van der Waals surface area contributed by atoms with Gasteiger partial charge in [-0.15, -0.1) is 0 Å². The van der Waals surface area contributed by atoms with Gasteiger partial charge in [0.05, 0.1) is 11.1 Å². The van der Waals surface area contributed by atoms with E-state index in [-0.39, 0.29) is 0 Å². The zero-order chi connectivity index (χ0) is 11.9. The van der Waals surface area contributed by atoms with E-state index in [1.807, 2.05) is 19.9 Å². The largest absolute Gasteiger partial charge is 0.366 e. The number of carbonyl (C=O) groups is 1. The minimum atomic E-state index is -0.461. The maximum atomic E-state index is 11.3. The summed E-state index contributed by atoms with van der Waals surface area (Å²) in [5, 5.41) is 1.29. The Balaban J connectivity index is 2.95. The maximum absolute atomic E-state index is 11.3. The van der Waals surface area contributed by atoms with Gasteiger partial charge in [-0.2, -0.15) is 0 Å². The number of hydrogen-bond acceptors (Lipinski definition) is 2. The molecule has 2 aromatic rings. The highest BCUT2D eigenvalue weighted by molar-refractivity contribution is 6.31. The van der Waals surface area contributed by atoms with Gasteiger partial charge in [-0.3, -0.25) is 9.78 Å². The number of pyridine rings is 1. The van der Waals surface area contributed by atoms with Gasteiger partial charge in [0.2, 0.25) is 5.91 Å². The Morgan fingerprint density at radius 2 is 2.00 bits per heavy atom. The number of nitrogens with two attached hydrogens (primary N) is 1. The molecular weight excluding hydrogens is 224 g/mol. The minimum absolute atomic E-state index is 0.461. The van der Waals surface area contributed by atoms with Gasteiger partial charge >= 0.3 is 0 Å². The second-order valence-electron chi connectivity index (χ2n) is 3.79. The average molecular weight is 235 g/mol. The number of benzene rings is 1. The van der Waals surface area contributed by atoms with Crippen LogP contribution in [0.5, 0.6) is 0 Å². The number of halogens is 1. The average Bonchev–Trinajstić information content (AvgIpc) is 2.18. The number of rotatable bonds is 1. The molecule has 0 spiro atoms. The molecule has 0 aliphatic carbocycles. The Labute approximate surface area is 98.2 Å². The molecule has 0 bridgehead atoms. The van der Waals surface area contributed by atoms with Gasteiger partial charge < -0.3 is 5.73 Å². The summed E-state index contributed by atoms with van der Waals surface area (Å²) >= 11 is 5.96. The number of primary amides is 1. The van der Waals surface area contributed by atoms with Crippen LogP contribution in [-0.4, -0.2) is 10.9 Å². The molecule has 1 aromatic carbocycles. The predicted molar refractivity (Wildman–Crippen MR) is 64.7 cm³/mol. The van der Waals surface area contributed by atoms with Gasteiger partial charge in [-0.05, 0) is 37.6 Å². The molecule has 16 heavy (non-hydrogen) atoms. The molecule has 0 aliphatic heterocycles. The highest BCUT2D eigenvalue weighted by Gasteiger charge is 2.11. The number of nitrogens with zero attached hydrogens (tertiary/aromatic N) is 1. The van der Waals surface area contributed by atoms with Gasteiger partial charge in [-0.25, -0.2) is 0 Å². The quantitative estimate of drug-likeness (QED) is 0.825. The summed E-state index contributed by atoms with van der Waals surface area (Å²) in [6.45, 7) is 3.74. The molecule has 4 heteroatoms. The first kappa shape index (κ1) is 10.9. The molecule has 2 N–H and O–H groups in total. The van der Waals surface area contributed by atoms with Gasteiger partial charge in [0.25, 0.3) is 0 Å². The van der Waals surface area contributed by atoms with Crippen LogP contribution in [0, 0.1) is 13.8 Å². The number of hydrogen-bond donors (Lipinski definition) is 1. The zero-order valence-corrected chi connectivity index (χ0v) is 9.80. The van der Waals surface area contributed by atoms with E-state index in [9.17, 15) is 4.79 Å². The minimum Gasteiger partial charge on any atom is -0.366 e. The van der Waals surface area contributed by atoms with Crippen molar-refractivity contribution in [2.45, 2.75) is 13.8 Å². The number of amides is 1. The third-order valence-corrected chi connectivity index (χ3v) is 2.68. The standard InChI is InChI=1S/C12H11ClN2O/c1-6-3-8(13)5-9-10(12(14)16)4-7(2)15-11(6)9/h3-5H,1-2H3,(H2,14,16). The van der Waals surface area contributed by atoms with E-state index in [0.29, 0.717) is 16.0 Å². The number of aryl methyl sites for hydroxylation is 2. The van der Waals surface area contributed by atoms with E-state index in [1.54, 1.807) is 12.1 Å².